The average molecular weight is 228 g/mol. The molecule has 2 heteroatoms. The Labute approximate surface area is 103 Å². The van der Waals surface area contributed by atoms with Gasteiger partial charge in [0.25, 0.3) is 0 Å². The molecule has 0 amide bonds. The Balaban J connectivity index is 3.90. The highest BCUT2D eigenvalue weighted by molar-refractivity contribution is 4.81. The topological polar surface area (TPSA) is 24.1 Å². The van der Waals surface area contributed by atoms with Crippen LogP contribution < -0.4 is 10.6 Å². The maximum atomic E-state index is 3.66. The Bertz CT molecular complexity index is 180. The standard InChI is InChI=1S/C14H32N2/c1-12(14(5,6)9-10-15-7)16-11-8-13(2,3)4/h12,15-16H,8-11H2,1-7H3. The van der Waals surface area contributed by atoms with Crippen LogP contribution in [0.1, 0.15) is 54.4 Å². The molecule has 0 spiro atoms. The van der Waals surface area contributed by atoms with Crippen molar-refractivity contribution in [2.75, 3.05) is 20.1 Å². The lowest BCUT2D eigenvalue weighted by molar-refractivity contribution is 0.227. The normalized spacial score (nSPS) is 15.2. The first-order chi connectivity index (χ1) is 7.19. The van der Waals surface area contributed by atoms with Gasteiger partial charge in [0, 0.05) is 6.04 Å². The van der Waals surface area contributed by atoms with Gasteiger partial charge in [0.15, 0.2) is 0 Å². The molecule has 0 saturated carbocycles. The molecule has 1 unspecified atom stereocenters. The summed E-state index contributed by atoms with van der Waals surface area (Å²) in [5.74, 6) is 0. The highest BCUT2D eigenvalue weighted by atomic mass is 14.9. The van der Waals surface area contributed by atoms with E-state index in [1.807, 2.05) is 7.05 Å². The van der Waals surface area contributed by atoms with Crippen molar-refractivity contribution in [3.8, 4) is 0 Å². The van der Waals surface area contributed by atoms with Gasteiger partial charge in [-0.05, 0) is 50.7 Å². The molecule has 2 N–H and O–H groups in total. The predicted molar refractivity (Wildman–Crippen MR) is 73.9 cm³/mol. The molecule has 0 fully saturated rings. The molecule has 0 aliphatic heterocycles. The second-order valence-electron chi connectivity index (χ2n) is 6.83. The van der Waals surface area contributed by atoms with Gasteiger partial charge in [-0.25, -0.2) is 0 Å². The molecule has 0 saturated heterocycles. The zero-order chi connectivity index (χ0) is 12.8. The highest BCUT2D eigenvalue weighted by Crippen LogP contribution is 2.25. The third-order valence-electron chi connectivity index (χ3n) is 3.52. The van der Waals surface area contributed by atoms with E-state index in [0.29, 0.717) is 16.9 Å². The van der Waals surface area contributed by atoms with E-state index in [-0.39, 0.29) is 0 Å². The van der Waals surface area contributed by atoms with Gasteiger partial charge in [0.1, 0.15) is 0 Å². The van der Waals surface area contributed by atoms with Crippen LogP contribution in [0.5, 0.6) is 0 Å². The molecule has 0 radical (unpaired) electrons. The summed E-state index contributed by atoms with van der Waals surface area (Å²) in [6.45, 7) is 16.1. The molecule has 0 aromatic carbocycles. The van der Waals surface area contributed by atoms with Crippen molar-refractivity contribution >= 4 is 0 Å². The molecular weight excluding hydrogens is 196 g/mol. The summed E-state index contributed by atoms with van der Waals surface area (Å²) in [6, 6.07) is 0.572. The Morgan fingerprint density at radius 2 is 1.50 bits per heavy atom. The molecule has 0 aromatic rings. The van der Waals surface area contributed by atoms with Crippen LogP contribution in [0.15, 0.2) is 0 Å². The Morgan fingerprint density at radius 1 is 0.938 bits per heavy atom. The third-order valence-corrected chi connectivity index (χ3v) is 3.52. The molecule has 0 bridgehead atoms. The van der Waals surface area contributed by atoms with Crippen molar-refractivity contribution in [1.82, 2.24) is 10.6 Å². The molecular formula is C14H32N2. The van der Waals surface area contributed by atoms with Crippen LogP contribution in [0, 0.1) is 10.8 Å². The van der Waals surface area contributed by atoms with Gasteiger partial charge in [0.2, 0.25) is 0 Å². The quantitative estimate of drug-likeness (QED) is 0.700. The van der Waals surface area contributed by atoms with Gasteiger partial charge in [-0.1, -0.05) is 34.6 Å². The van der Waals surface area contributed by atoms with E-state index in [0.717, 1.165) is 13.1 Å². The molecule has 0 aromatic heterocycles. The summed E-state index contributed by atoms with van der Waals surface area (Å²) in [6.07, 6.45) is 2.45. The minimum Gasteiger partial charge on any atom is -0.320 e. The molecule has 1 atom stereocenters. The lowest BCUT2D eigenvalue weighted by Crippen LogP contribution is -2.42. The molecule has 2 nitrogen and oxygen atoms in total. The van der Waals surface area contributed by atoms with Crippen molar-refractivity contribution in [3.63, 3.8) is 0 Å². The molecule has 16 heavy (non-hydrogen) atoms. The molecule has 0 rings (SSSR count). The summed E-state index contributed by atoms with van der Waals surface area (Å²) in [5.41, 5.74) is 0.794. The van der Waals surface area contributed by atoms with Crippen molar-refractivity contribution < 1.29 is 0 Å². The summed E-state index contributed by atoms with van der Waals surface area (Å²) in [4.78, 5) is 0. The SMILES string of the molecule is CNCCC(C)(C)C(C)NCCC(C)(C)C. The highest BCUT2D eigenvalue weighted by Gasteiger charge is 2.24. The van der Waals surface area contributed by atoms with Crippen LogP contribution in [-0.4, -0.2) is 26.2 Å². The smallest absolute Gasteiger partial charge is 0.00903 e. The maximum absolute atomic E-state index is 3.66. The maximum Gasteiger partial charge on any atom is 0.00903 e. The van der Waals surface area contributed by atoms with Crippen LogP contribution >= 0.6 is 0 Å². The zero-order valence-corrected chi connectivity index (χ0v) is 12.4. The molecule has 0 aliphatic rings. The van der Waals surface area contributed by atoms with Gasteiger partial charge >= 0.3 is 0 Å². The second-order valence-corrected chi connectivity index (χ2v) is 6.83. The van der Waals surface area contributed by atoms with E-state index in [1.54, 1.807) is 0 Å². The van der Waals surface area contributed by atoms with Gasteiger partial charge < -0.3 is 10.6 Å². The van der Waals surface area contributed by atoms with Crippen molar-refractivity contribution in [3.05, 3.63) is 0 Å². The van der Waals surface area contributed by atoms with Crippen molar-refractivity contribution in [1.29, 1.82) is 0 Å². The fraction of sp³-hybridized carbons (Fsp3) is 1.00. The lowest BCUT2D eigenvalue weighted by atomic mass is 9.81. The summed E-state index contributed by atoms with van der Waals surface area (Å²) in [7, 11) is 2.02. The summed E-state index contributed by atoms with van der Waals surface area (Å²) >= 11 is 0. The average Bonchev–Trinajstić information content (AvgIpc) is 2.12. The van der Waals surface area contributed by atoms with Gasteiger partial charge in [-0.2, -0.15) is 0 Å². The minimum atomic E-state index is 0.362. The molecule has 0 heterocycles. The Morgan fingerprint density at radius 3 is 1.94 bits per heavy atom. The molecule has 0 aliphatic carbocycles. The van der Waals surface area contributed by atoms with E-state index >= 15 is 0 Å². The van der Waals surface area contributed by atoms with Gasteiger partial charge in [-0.3, -0.25) is 0 Å². The predicted octanol–water partition coefficient (Wildman–Crippen LogP) is 3.04. The first-order valence-electron chi connectivity index (χ1n) is 6.57. The van der Waals surface area contributed by atoms with Crippen LogP contribution in [0.3, 0.4) is 0 Å². The van der Waals surface area contributed by atoms with Crippen LogP contribution in [0.4, 0.5) is 0 Å². The number of hydrogen-bond donors (Lipinski definition) is 2. The fourth-order valence-corrected chi connectivity index (χ4v) is 1.60. The zero-order valence-electron chi connectivity index (χ0n) is 12.4. The number of hydrogen-bond acceptors (Lipinski definition) is 2. The Hall–Kier alpha value is -0.0800. The lowest BCUT2D eigenvalue weighted by Gasteiger charge is -2.33. The second kappa shape index (κ2) is 6.61. The third kappa shape index (κ3) is 7.24. The van der Waals surface area contributed by atoms with Gasteiger partial charge in [0.05, 0.1) is 0 Å². The minimum absolute atomic E-state index is 0.362. The first-order valence-corrected chi connectivity index (χ1v) is 6.57. The van der Waals surface area contributed by atoms with Crippen molar-refractivity contribution in [2.45, 2.75) is 60.4 Å². The number of rotatable bonds is 7. The largest absolute Gasteiger partial charge is 0.320 e. The van der Waals surface area contributed by atoms with E-state index in [9.17, 15) is 0 Å². The Kier molecular flexibility index (Phi) is 6.57. The fourth-order valence-electron chi connectivity index (χ4n) is 1.60. The first kappa shape index (κ1) is 15.9. The van der Waals surface area contributed by atoms with E-state index in [4.69, 9.17) is 0 Å². The van der Waals surface area contributed by atoms with Crippen LogP contribution in [0.25, 0.3) is 0 Å². The molecule has 98 valence electrons. The van der Waals surface area contributed by atoms with E-state index < -0.39 is 0 Å². The number of nitrogens with one attached hydrogen (secondary N) is 2. The van der Waals surface area contributed by atoms with E-state index in [2.05, 4.69) is 52.2 Å². The van der Waals surface area contributed by atoms with Crippen LogP contribution in [-0.2, 0) is 0 Å². The van der Waals surface area contributed by atoms with Gasteiger partial charge in [-0.15, -0.1) is 0 Å². The summed E-state index contributed by atoms with van der Waals surface area (Å²) in [5, 5.41) is 6.89. The van der Waals surface area contributed by atoms with E-state index in [1.165, 1.54) is 12.8 Å². The summed E-state index contributed by atoms with van der Waals surface area (Å²) < 4.78 is 0. The van der Waals surface area contributed by atoms with Crippen molar-refractivity contribution in [2.24, 2.45) is 10.8 Å². The monoisotopic (exact) mass is 228 g/mol. The van der Waals surface area contributed by atoms with Crippen LogP contribution in [0.2, 0.25) is 0 Å².